The number of nitrogens with two attached hydrogens (primary N) is 1. The lowest BCUT2D eigenvalue weighted by molar-refractivity contribution is -0.123. The highest BCUT2D eigenvalue weighted by Crippen LogP contribution is 2.31. The molecule has 2 aromatic rings. The maximum atomic E-state index is 12.3. The van der Waals surface area contributed by atoms with Crippen molar-refractivity contribution in [1.29, 1.82) is 0 Å². The third-order valence-electron chi connectivity index (χ3n) is 5.53. The van der Waals surface area contributed by atoms with E-state index in [2.05, 4.69) is 10.2 Å². The van der Waals surface area contributed by atoms with Gasteiger partial charge in [0.25, 0.3) is 0 Å². The average Bonchev–Trinajstić information content (AvgIpc) is 2.79. The first-order valence-corrected chi connectivity index (χ1v) is 10.6. The van der Waals surface area contributed by atoms with E-state index in [4.69, 9.17) is 15.2 Å². The van der Waals surface area contributed by atoms with E-state index >= 15 is 0 Å². The highest BCUT2D eigenvalue weighted by Gasteiger charge is 2.23. The number of amides is 2. The van der Waals surface area contributed by atoms with Gasteiger partial charge in [-0.15, -0.1) is 0 Å². The van der Waals surface area contributed by atoms with Gasteiger partial charge in [0.15, 0.2) is 11.5 Å². The molecule has 0 radical (unpaired) electrons. The Morgan fingerprint density at radius 2 is 1.87 bits per heavy atom. The van der Waals surface area contributed by atoms with Crippen molar-refractivity contribution < 1.29 is 19.1 Å². The SMILES string of the molecule is NC(=O)C1CCCN(Cc2ccc(NC(=O)/C=C/c3ccc4c(c3)OCCO4)cc2)C1. The highest BCUT2D eigenvalue weighted by atomic mass is 16.6. The summed E-state index contributed by atoms with van der Waals surface area (Å²) in [6.45, 7) is 3.52. The molecule has 7 heteroatoms. The molecule has 3 N–H and O–H groups in total. The largest absolute Gasteiger partial charge is 0.486 e. The molecule has 1 saturated heterocycles. The van der Waals surface area contributed by atoms with Gasteiger partial charge in [-0.1, -0.05) is 18.2 Å². The minimum absolute atomic E-state index is 0.0618. The number of carbonyl (C=O) groups excluding carboxylic acids is 2. The molecule has 0 aliphatic carbocycles. The Balaban J connectivity index is 1.30. The molecule has 2 heterocycles. The second-order valence-electron chi connectivity index (χ2n) is 7.90. The van der Waals surface area contributed by atoms with Crippen molar-refractivity contribution in [3.8, 4) is 11.5 Å². The molecule has 0 aromatic heterocycles. The lowest BCUT2D eigenvalue weighted by Crippen LogP contribution is -2.40. The van der Waals surface area contributed by atoms with Crippen LogP contribution in [0.3, 0.4) is 0 Å². The fourth-order valence-electron chi connectivity index (χ4n) is 3.90. The zero-order valence-corrected chi connectivity index (χ0v) is 17.4. The maximum Gasteiger partial charge on any atom is 0.248 e. The van der Waals surface area contributed by atoms with E-state index in [1.807, 2.05) is 42.5 Å². The summed E-state index contributed by atoms with van der Waals surface area (Å²) in [5.74, 6) is 0.936. The molecule has 1 fully saturated rings. The monoisotopic (exact) mass is 421 g/mol. The number of rotatable bonds is 6. The summed E-state index contributed by atoms with van der Waals surface area (Å²) in [6, 6.07) is 13.4. The topological polar surface area (TPSA) is 93.9 Å². The third kappa shape index (κ3) is 5.64. The molecule has 2 aliphatic heterocycles. The first kappa shape index (κ1) is 20.9. The zero-order valence-electron chi connectivity index (χ0n) is 17.4. The number of nitrogens with zero attached hydrogens (tertiary/aromatic N) is 1. The minimum atomic E-state index is -0.216. The van der Waals surface area contributed by atoms with E-state index in [9.17, 15) is 9.59 Å². The molecule has 0 spiro atoms. The summed E-state index contributed by atoms with van der Waals surface area (Å²) in [4.78, 5) is 26.0. The van der Waals surface area contributed by atoms with Gasteiger partial charge in [-0.2, -0.15) is 0 Å². The first-order valence-electron chi connectivity index (χ1n) is 10.6. The summed E-state index contributed by atoms with van der Waals surface area (Å²) >= 11 is 0. The van der Waals surface area contributed by atoms with Crippen LogP contribution in [0.5, 0.6) is 11.5 Å². The number of hydrogen-bond acceptors (Lipinski definition) is 5. The molecular weight excluding hydrogens is 394 g/mol. The lowest BCUT2D eigenvalue weighted by Gasteiger charge is -2.31. The number of carbonyl (C=O) groups is 2. The van der Waals surface area contributed by atoms with Gasteiger partial charge in [-0.25, -0.2) is 0 Å². The summed E-state index contributed by atoms with van der Waals surface area (Å²) < 4.78 is 11.1. The number of fused-ring (bicyclic) bond motifs is 1. The molecule has 2 aromatic carbocycles. The van der Waals surface area contributed by atoms with Crippen LogP contribution in [0.2, 0.25) is 0 Å². The number of anilines is 1. The van der Waals surface area contributed by atoms with Gasteiger partial charge in [0.1, 0.15) is 13.2 Å². The Hall–Kier alpha value is -3.32. The lowest BCUT2D eigenvalue weighted by atomic mass is 9.97. The molecule has 0 bridgehead atoms. The highest BCUT2D eigenvalue weighted by molar-refractivity contribution is 6.01. The Kier molecular flexibility index (Phi) is 6.52. The summed E-state index contributed by atoms with van der Waals surface area (Å²) in [7, 11) is 0. The average molecular weight is 421 g/mol. The van der Waals surface area contributed by atoms with Crippen LogP contribution >= 0.6 is 0 Å². The number of benzene rings is 2. The van der Waals surface area contributed by atoms with Crippen LogP contribution in [-0.2, 0) is 16.1 Å². The van der Waals surface area contributed by atoms with Gasteiger partial charge in [0.05, 0.1) is 5.92 Å². The second kappa shape index (κ2) is 9.66. The van der Waals surface area contributed by atoms with Crippen LogP contribution in [0.4, 0.5) is 5.69 Å². The standard InChI is InChI=1S/C24H27N3O4/c25-24(29)19-2-1-11-27(16-19)15-18-3-7-20(8-4-18)26-23(28)10-6-17-5-9-21-22(14-17)31-13-12-30-21/h3-10,14,19H,1-2,11-13,15-16H2,(H2,25,29)(H,26,28)/b10-6+. The van der Waals surface area contributed by atoms with Crippen molar-refractivity contribution in [2.75, 3.05) is 31.6 Å². The number of nitrogens with one attached hydrogen (secondary N) is 1. The number of likely N-dealkylation sites (tertiary alicyclic amines) is 1. The number of primary amides is 1. The molecule has 1 atom stereocenters. The number of ether oxygens (including phenoxy) is 2. The summed E-state index contributed by atoms with van der Waals surface area (Å²) in [5.41, 5.74) is 8.19. The Bertz CT molecular complexity index is 971. The third-order valence-corrected chi connectivity index (χ3v) is 5.53. The van der Waals surface area contributed by atoms with Gasteiger partial charge >= 0.3 is 0 Å². The molecule has 2 amide bonds. The fourth-order valence-corrected chi connectivity index (χ4v) is 3.90. The molecule has 31 heavy (non-hydrogen) atoms. The normalized spacial score (nSPS) is 18.6. The molecule has 2 aliphatic rings. The second-order valence-corrected chi connectivity index (χ2v) is 7.90. The van der Waals surface area contributed by atoms with Crippen molar-refractivity contribution >= 4 is 23.6 Å². The fraction of sp³-hybridized carbons (Fsp3) is 0.333. The van der Waals surface area contributed by atoms with E-state index in [1.54, 1.807) is 6.08 Å². The van der Waals surface area contributed by atoms with Crippen molar-refractivity contribution in [3.63, 3.8) is 0 Å². The van der Waals surface area contributed by atoms with Gasteiger partial charge in [0.2, 0.25) is 11.8 Å². The number of piperidine rings is 1. The zero-order chi connectivity index (χ0) is 21.6. The predicted molar refractivity (Wildman–Crippen MR) is 119 cm³/mol. The van der Waals surface area contributed by atoms with E-state index in [0.717, 1.165) is 48.5 Å². The van der Waals surface area contributed by atoms with Gasteiger partial charge in [0, 0.05) is 24.9 Å². The van der Waals surface area contributed by atoms with Crippen molar-refractivity contribution in [2.45, 2.75) is 19.4 Å². The van der Waals surface area contributed by atoms with Gasteiger partial charge in [-0.05, 0) is 60.9 Å². The van der Waals surface area contributed by atoms with Crippen LogP contribution in [-0.4, -0.2) is 43.0 Å². The smallest absolute Gasteiger partial charge is 0.248 e. The Morgan fingerprint density at radius 3 is 2.65 bits per heavy atom. The molecule has 4 rings (SSSR count). The Morgan fingerprint density at radius 1 is 1.10 bits per heavy atom. The van der Waals surface area contributed by atoms with E-state index in [0.29, 0.717) is 25.5 Å². The predicted octanol–water partition coefficient (Wildman–Crippen LogP) is 2.81. The maximum absolute atomic E-state index is 12.3. The number of hydrogen-bond donors (Lipinski definition) is 2. The summed E-state index contributed by atoms with van der Waals surface area (Å²) in [6.07, 6.45) is 5.10. The van der Waals surface area contributed by atoms with Crippen LogP contribution in [0, 0.1) is 5.92 Å². The van der Waals surface area contributed by atoms with Crippen LogP contribution in [0.1, 0.15) is 24.0 Å². The molecule has 0 saturated carbocycles. The van der Waals surface area contributed by atoms with E-state index in [1.165, 1.54) is 6.08 Å². The molecule has 7 nitrogen and oxygen atoms in total. The van der Waals surface area contributed by atoms with Crippen molar-refractivity contribution in [3.05, 3.63) is 59.7 Å². The van der Waals surface area contributed by atoms with Crippen molar-refractivity contribution in [1.82, 2.24) is 4.90 Å². The van der Waals surface area contributed by atoms with Crippen LogP contribution in [0.25, 0.3) is 6.08 Å². The first-order chi connectivity index (χ1) is 15.1. The van der Waals surface area contributed by atoms with Gasteiger partial charge < -0.3 is 20.5 Å². The van der Waals surface area contributed by atoms with Crippen LogP contribution < -0.4 is 20.5 Å². The van der Waals surface area contributed by atoms with E-state index in [-0.39, 0.29) is 17.7 Å². The van der Waals surface area contributed by atoms with Gasteiger partial charge in [-0.3, -0.25) is 14.5 Å². The molecule has 1 unspecified atom stereocenters. The quantitative estimate of drug-likeness (QED) is 0.700. The minimum Gasteiger partial charge on any atom is -0.486 e. The molecular formula is C24H27N3O4. The molecule has 162 valence electrons. The van der Waals surface area contributed by atoms with Crippen molar-refractivity contribution in [2.24, 2.45) is 11.7 Å². The van der Waals surface area contributed by atoms with Crippen LogP contribution in [0.15, 0.2) is 48.5 Å². The summed E-state index contributed by atoms with van der Waals surface area (Å²) in [5, 5.41) is 2.87. The Labute approximate surface area is 181 Å². The van der Waals surface area contributed by atoms with E-state index < -0.39 is 0 Å².